The molecule has 1 saturated carbocycles. The van der Waals surface area contributed by atoms with Crippen LogP contribution in [0.4, 0.5) is 5.69 Å². The van der Waals surface area contributed by atoms with E-state index < -0.39 is 52.0 Å². The number of allylic oxidation sites excluding steroid dienone is 2. The number of aromatic hydroxyl groups is 1. The predicted octanol–water partition coefficient (Wildman–Crippen LogP) is 5.24. The molecule has 2 aliphatic heterocycles. The fourth-order valence-electron chi connectivity index (χ4n) is 9.65. The molecule has 0 radical (unpaired) electrons. The highest BCUT2D eigenvalue weighted by molar-refractivity contribution is 9.10. The minimum atomic E-state index is -1.64. The molecule has 1 aliphatic carbocycles. The lowest BCUT2D eigenvalue weighted by Crippen LogP contribution is -2.53. The van der Waals surface area contributed by atoms with Crippen LogP contribution in [-0.4, -0.2) is 61.7 Å². The van der Waals surface area contributed by atoms with Gasteiger partial charge in [-0.1, -0.05) is 70.0 Å². The molecule has 4 unspecified atom stereocenters. The number of phenols is 1. The molecule has 1 N–H and O–H groups in total. The van der Waals surface area contributed by atoms with Crippen LogP contribution in [-0.2, 0) is 41.6 Å². The number of methoxy groups -OCH3 is 3. The molecule has 312 valence electrons. The summed E-state index contributed by atoms with van der Waals surface area (Å²) in [6, 6.07) is 21.1. The summed E-state index contributed by atoms with van der Waals surface area (Å²) in [5.41, 5.74) is -0.638. The first-order chi connectivity index (χ1) is 29.3. The van der Waals surface area contributed by atoms with E-state index in [1.807, 2.05) is 6.07 Å². The van der Waals surface area contributed by atoms with Crippen LogP contribution in [0, 0.1) is 5.92 Å². The van der Waals surface area contributed by atoms with Crippen LogP contribution < -0.4 is 36.0 Å². The number of phenolic OH excluding ortho intramolecular Hbond substituents is 1. The molecule has 4 atom stereocenters. The van der Waals surface area contributed by atoms with E-state index in [1.165, 1.54) is 35.3 Å². The van der Waals surface area contributed by atoms with Gasteiger partial charge in [-0.05, 0) is 47.9 Å². The second-order valence-corrected chi connectivity index (χ2v) is 16.5. The Hall–Kier alpha value is -6.39. The van der Waals surface area contributed by atoms with Crippen LogP contribution in [0.15, 0.2) is 109 Å². The largest absolute Gasteiger partial charge is 0.504 e. The first kappa shape index (κ1) is 40.0. The van der Waals surface area contributed by atoms with Crippen molar-refractivity contribution in [1.29, 1.82) is 0 Å². The number of hydrogen-bond acceptors (Lipinski definition) is 10. The van der Waals surface area contributed by atoms with Crippen LogP contribution in [0.2, 0.25) is 5.02 Å². The van der Waals surface area contributed by atoms with E-state index in [1.54, 1.807) is 85.9 Å². The van der Waals surface area contributed by atoms with Gasteiger partial charge in [0.1, 0.15) is 5.69 Å². The number of halogens is 2. The number of imide groups is 1. The van der Waals surface area contributed by atoms with E-state index in [4.69, 9.17) is 25.8 Å². The van der Waals surface area contributed by atoms with Crippen LogP contribution in [0.25, 0.3) is 11.0 Å². The number of amides is 2. The van der Waals surface area contributed by atoms with Crippen LogP contribution in [0.3, 0.4) is 0 Å². The van der Waals surface area contributed by atoms with Crippen LogP contribution in [0.5, 0.6) is 23.0 Å². The Morgan fingerprint density at radius 1 is 0.885 bits per heavy atom. The second kappa shape index (κ2) is 15.0. The summed E-state index contributed by atoms with van der Waals surface area (Å²) in [7, 11) is 5.99. The van der Waals surface area contributed by atoms with Gasteiger partial charge < -0.3 is 23.9 Å². The van der Waals surface area contributed by atoms with Crippen LogP contribution >= 0.6 is 27.5 Å². The maximum Gasteiger partial charge on any atom is 0.347 e. The number of aryl methyl sites for hydroxylation is 2. The lowest BCUT2D eigenvalue weighted by atomic mass is 9.53. The lowest BCUT2D eigenvalue weighted by Gasteiger charge is -2.49. The number of carbonyl (C=O) groups excluding carboxylic acids is 2. The van der Waals surface area contributed by atoms with E-state index in [0.29, 0.717) is 43.2 Å². The van der Waals surface area contributed by atoms with E-state index in [0.717, 1.165) is 9.47 Å². The Labute approximate surface area is 360 Å². The first-order valence-electron chi connectivity index (χ1n) is 19.3. The zero-order valence-corrected chi connectivity index (χ0v) is 35.6. The molecule has 0 bridgehead atoms. The highest BCUT2D eigenvalue weighted by atomic mass is 79.9. The quantitative estimate of drug-likeness (QED) is 0.150. The van der Waals surface area contributed by atoms with E-state index in [-0.39, 0.29) is 54.4 Å². The fourth-order valence-corrected chi connectivity index (χ4v) is 10.3. The van der Waals surface area contributed by atoms with Gasteiger partial charge in [-0.15, -0.1) is 0 Å². The summed E-state index contributed by atoms with van der Waals surface area (Å²) in [4.78, 5) is 78.8. The molecule has 6 aromatic rings. The molecule has 1 saturated heterocycles. The van der Waals surface area contributed by atoms with Gasteiger partial charge in [-0.2, -0.15) is 0 Å². The van der Waals surface area contributed by atoms with Gasteiger partial charge in [0.2, 0.25) is 11.8 Å². The molecule has 61 heavy (non-hydrogen) atoms. The molecule has 9 rings (SSSR count). The minimum absolute atomic E-state index is 0.0494. The molecule has 2 amide bonds. The number of ether oxygens (including phenoxy) is 3. The van der Waals surface area contributed by atoms with Crippen LogP contribution in [0.1, 0.15) is 35.2 Å². The molecule has 4 heterocycles. The summed E-state index contributed by atoms with van der Waals surface area (Å²) in [5.74, 6) is -2.50. The SMILES string of the molecule is COc1cc2nc(CCn3c(=O)n4n(c3=O)C3CC5C(=O)N(c6cccc(Cl)c6)C(=O)C5(c5ccccc5)C(c5cc(Br)cc(OC)c5O)C3=CC4)c(=O)n(C)c2cc1OC. The third kappa shape index (κ3) is 5.90. The monoisotopic (exact) mass is 908 g/mol. The Balaban J connectivity index is 1.21. The number of aromatic nitrogens is 5. The van der Waals surface area contributed by atoms with Crippen molar-refractivity contribution < 1.29 is 28.9 Å². The van der Waals surface area contributed by atoms with Crippen molar-refractivity contribution in [2.45, 2.75) is 43.3 Å². The number of nitrogens with zero attached hydrogens (tertiary/aromatic N) is 6. The summed E-state index contributed by atoms with van der Waals surface area (Å²) in [5, 5.41) is 12.3. The van der Waals surface area contributed by atoms with E-state index >= 15 is 9.59 Å². The second-order valence-electron chi connectivity index (χ2n) is 15.2. The molecule has 2 fully saturated rings. The summed E-state index contributed by atoms with van der Waals surface area (Å²) in [6.45, 7) is -0.249. The van der Waals surface area contributed by atoms with E-state index in [2.05, 4.69) is 20.9 Å². The fraction of sp³-hybridized carbons (Fsp3) is 0.273. The summed E-state index contributed by atoms with van der Waals surface area (Å²) >= 11 is 9.99. The molecule has 17 heteroatoms. The molecule has 2 aromatic heterocycles. The van der Waals surface area contributed by atoms with Gasteiger partial charge in [0, 0.05) is 53.1 Å². The number of hydrogen-bond donors (Lipinski definition) is 1. The molecule has 4 aromatic carbocycles. The molecular formula is C44H38BrClN6O9. The molecular weight excluding hydrogens is 872 g/mol. The van der Waals surface area contributed by atoms with Crippen molar-refractivity contribution in [2.24, 2.45) is 13.0 Å². The van der Waals surface area contributed by atoms with Gasteiger partial charge in [0.15, 0.2) is 23.0 Å². The highest BCUT2D eigenvalue weighted by Gasteiger charge is 2.69. The van der Waals surface area contributed by atoms with Gasteiger partial charge in [-0.3, -0.25) is 14.4 Å². The maximum atomic E-state index is 15.5. The van der Waals surface area contributed by atoms with E-state index in [9.17, 15) is 19.5 Å². The molecule has 3 aliphatic rings. The first-order valence-corrected chi connectivity index (χ1v) is 20.5. The number of benzene rings is 4. The number of rotatable bonds is 9. The molecule has 15 nitrogen and oxygen atoms in total. The summed E-state index contributed by atoms with van der Waals surface area (Å²) < 4.78 is 22.1. The number of anilines is 1. The van der Waals surface area contributed by atoms with Crippen molar-refractivity contribution in [3.05, 3.63) is 148 Å². The van der Waals surface area contributed by atoms with Gasteiger partial charge in [-0.25, -0.2) is 33.4 Å². The van der Waals surface area contributed by atoms with Crippen molar-refractivity contribution in [3.8, 4) is 23.0 Å². The Kier molecular flexibility index (Phi) is 9.82. The third-order valence-electron chi connectivity index (χ3n) is 12.3. The highest BCUT2D eigenvalue weighted by Crippen LogP contribution is 2.64. The topological polar surface area (TPSA) is 169 Å². The minimum Gasteiger partial charge on any atom is -0.504 e. The number of carbonyl (C=O) groups is 2. The molecule has 0 spiro atoms. The van der Waals surface area contributed by atoms with Gasteiger partial charge >= 0.3 is 11.4 Å². The average Bonchev–Trinajstić information content (AvgIpc) is 3.65. The zero-order valence-electron chi connectivity index (χ0n) is 33.3. The Morgan fingerprint density at radius 2 is 1.61 bits per heavy atom. The maximum absolute atomic E-state index is 15.5. The summed E-state index contributed by atoms with van der Waals surface area (Å²) in [6.07, 6.45) is 1.69. The third-order valence-corrected chi connectivity index (χ3v) is 13.0. The van der Waals surface area contributed by atoms with Crippen molar-refractivity contribution in [3.63, 3.8) is 0 Å². The van der Waals surface area contributed by atoms with Crippen molar-refractivity contribution in [2.75, 3.05) is 26.2 Å². The smallest absolute Gasteiger partial charge is 0.347 e. The Morgan fingerprint density at radius 3 is 2.31 bits per heavy atom. The number of fused-ring (bicyclic) bond motifs is 5. The van der Waals surface area contributed by atoms with Gasteiger partial charge in [0.25, 0.3) is 5.56 Å². The van der Waals surface area contributed by atoms with Gasteiger partial charge in [0.05, 0.1) is 62.0 Å². The zero-order chi connectivity index (χ0) is 43.1. The van der Waals surface area contributed by atoms with Crippen molar-refractivity contribution >= 4 is 56.1 Å². The normalized spacial score (nSPS) is 20.6. The average molecular weight is 910 g/mol. The Bertz CT molecular complexity index is 3050. The lowest BCUT2D eigenvalue weighted by molar-refractivity contribution is -0.124. The van der Waals surface area contributed by atoms with Crippen molar-refractivity contribution in [1.82, 2.24) is 23.5 Å². The standard InChI is InChI=1S/C44H38BrClN6O9/c1-48-33-22-35(60-3)34(59-2)21-31(33)47-30(40(48)55)14-15-49-42(57)50-16-13-27-32(52(50)43(49)58)20-29-39(54)51(26-12-8-11-25(46)19-26)41(56)44(29,23-9-6-5-7-10-23)37(27)28-17-24(45)18-36(61-4)38(28)53/h5-13,17-19,21-22,29,32,37,53H,14-16,20H2,1-4H3. The predicted molar refractivity (Wildman–Crippen MR) is 229 cm³/mol.